The van der Waals surface area contributed by atoms with Crippen LogP contribution in [-0.2, 0) is 0 Å². The molecular weight excluding hydrogens is 767 g/mol. The van der Waals surface area contributed by atoms with E-state index in [1.165, 1.54) is 81.4 Å². The molecule has 0 unspecified atom stereocenters. The van der Waals surface area contributed by atoms with Crippen molar-refractivity contribution in [2.45, 2.75) is 0 Å². The first-order valence-electron chi connectivity index (χ1n) is 21.2. The van der Waals surface area contributed by atoms with Crippen molar-refractivity contribution in [1.82, 2.24) is 0 Å². The molecule has 0 fully saturated rings. The van der Waals surface area contributed by atoms with Gasteiger partial charge in [-0.25, -0.2) is 0 Å². The lowest BCUT2D eigenvalue weighted by atomic mass is 9.88. The van der Waals surface area contributed by atoms with E-state index in [1.807, 2.05) is 11.3 Å². The van der Waals surface area contributed by atoms with Crippen LogP contribution in [0, 0.1) is 0 Å². The average molecular weight is 808 g/mol. The fourth-order valence-corrected chi connectivity index (χ4v) is 10.2. The molecule has 0 atom stereocenters. The Balaban J connectivity index is 1.05. The SMILES string of the molecule is c1ccc(-c2cccc(-c3ccc(N(c4ccc(-c5cccc6c5sc5ccccc56)cc4)c4ccccc4-c4ccccc4-c4ccccc4-c4ccccc4)cc3)c2)cc1. The summed E-state index contributed by atoms with van der Waals surface area (Å²) in [5.74, 6) is 0. The van der Waals surface area contributed by atoms with Crippen LogP contribution >= 0.6 is 11.3 Å². The van der Waals surface area contributed by atoms with Crippen LogP contribution in [-0.4, -0.2) is 0 Å². The zero-order chi connectivity index (χ0) is 41.2. The number of anilines is 3. The molecule has 1 aromatic heterocycles. The second kappa shape index (κ2) is 16.3. The van der Waals surface area contributed by atoms with Gasteiger partial charge in [-0.3, -0.25) is 0 Å². The molecular formula is C60H41NS. The predicted molar refractivity (Wildman–Crippen MR) is 267 cm³/mol. The summed E-state index contributed by atoms with van der Waals surface area (Å²) in [6.45, 7) is 0. The van der Waals surface area contributed by atoms with Crippen molar-refractivity contribution in [3.63, 3.8) is 0 Å². The molecule has 11 aromatic rings. The molecule has 1 nitrogen and oxygen atoms in total. The van der Waals surface area contributed by atoms with Gasteiger partial charge in [-0.2, -0.15) is 0 Å². The minimum atomic E-state index is 1.09. The lowest BCUT2D eigenvalue weighted by Crippen LogP contribution is -2.11. The zero-order valence-electron chi connectivity index (χ0n) is 34.0. The number of nitrogens with zero attached hydrogens (tertiary/aromatic N) is 1. The quantitative estimate of drug-likeness (QED) is 0.140. The standard InChI is InChI=1S/C60H41NS/c1-3-17-42(18-4-1)46-21-15-22-47(41-46)43-33-37-48(38-34-43)61(49-39-35-45(36-40-49)51-29-16-30-57-56-28-12-14-32-59(56)62-60(51)57)58-31-13-11-27-55(58)54-26-10-9-25-53(54)52-24-8-7-23-50(52)44-19-5-2-6-20-44/h1-41H. The number of thiophene rings is 1. The molecule has 0 saturated heterocycles. The Morgan fingerprint density at radius 3 is 1.35 bits per heavy atom. The second-order valence-corrected chi connectivity index (χ2v) is 16.7. The first-order chi connectivity index (χ1) is 30.8. The van der Waals surface area contributed by atoms with Gasteiger partial charge in [0.25, 0.3) is 0 Å². The topological polar surface area (TPSA) is 3.24 Å². The van der Waals surface area contributed by atoms with Gasteiger partial charge >= 0.3 is 0 Å². The molecule has 10 aromatic carbocycles. The average Bonchev–Trinajstić information content (AvgIpc) is 3.75. The van der Waals surface area contributed by atoms with E-state index in [0.29, 0.717) is 0 Å². The van der Waals surface area contributed by atoms with E-state index in [1.54, 1.807) is 0 Å². The Morgan fingerprint density at radius 2 is 0.677 bits per heavy atom. The van der Waals surface area contributed by atoms with Gasteiger partial charge in [0.2, 0.25) is 0 Å². The molecule has 0 aliphatic heterocycles. The van der Waals surface area contributed by atoms with Crippen LogP contribution in [0.15, 0.2) is 249 Å². The lowest BCUT2D eigenvalue weighted by molar-refractivity contribution is 1.28. The minimum Gasteiger partial charge on any atom is -0.310 e. The lowest BCUT2D eigenvalue weighted by Gasteiger charge is -2.29. The molecule has 0 radical (unpaired) electrons. The third-order valence-electron chi connectivity index (χ3n) is 11.9. The summed E-state index contributed by atoms with van der Waals surface area (Å²) in [5, 5.41) is 2.63. The molecule has 0 spiro atoms. The highest BCUT2D eigenvalue weighted by Crippen LogP contribution is 2.46. The summed E-state index contributed by atoms with van der Waals surface area (Å²) in [7, 11) is 0. The highest BCUT2D eigenvalue weighted by Gasteiger charge is 2.21. The van der Waals surface area contributed by atoms with Gasteiger partial charge < -0.3 is 4.90 Å². The van der Waals surface area contributed by atoms with Crippen molar-refractivity contribution < 1.29 is 0 Å². The number of rotatable bonds is 9. The van der Waals surface area contributed by atoms with Crippen molar-refractivity contribution in [2.75, 3.05) is 4.90 Å². The van der Waals surface area contributed by atoms with E-state index in [0.717, 1.165) is 22.6 Å². The third kappa shape index (κ3) is 6.97. The Morgan fingerprint density at radius 1 is 0.258 bits per heavy atom. The van der Waals surface area contributed by atoms with Gasteiger partial charge in [-0.05, 0) is 104 Å². The van der Waals surface area contributed by atoms with Crippen LogP contribution in [0.5, 0.6) is 0 Å². The number of hydrogen-bond acceptors (Lipinski definition) is 2. The van der Waals surface area contributed by atoms with Crippen molar-refractivity contribution in [3.8, 4) is 66.8 Å². The summed E-state index contributed by atoms with van der Waals surface area (Å²) in [4.78, 5) is 2.42. The van der Waals surface area contributed by atoms with Gasteiger partial charge in [-0.1, -0.05) is 206 Å². The molecule has 11 rings (SSSR count). The monoisotopic (exact) mass is 807 g/mol. The first kappa shape index (κ1) is 37.2. The van der Waals surface area contributed by atoms with Crippen LogP contribution in [0.25, 0.3) is 86.9 Å². The Kier molecular flexibility index (Phi) is 9.82. The maximum absolute atomic E-state index is 2.42. The molecule has 0 saturated carbocycles. The summed E-state index contributed by atoms with van der Waals surface area (Å²) >= 11 is 1.87. The van der Waals surface area contributed by atoms with Gasteiger partial charge in [-0.15, -0.1) is 11.3 Å². The van der Waals surface area contributed by atoms with Gasteiger partial charge in [0.05, 0.1) is 5.69 Å². The number of para-hydroxylation sites is 1. The molecule has 0 amide bonds. The van der Waals surface area contributed by atoms with E-state index in [4.69, 9.17) is 0 Å². The number of hydrogen-bond donors (Lipinski definition) is 0. The molecule has 0 aliphatic carbocycles. The van der Waals surface area contributed by atoms with Crippen LogP contribution in [0.1, 0.15) is 0 Å². The summed E-state index contributed by atoms with van der Waals surface area (Å²) < 4.78 is 2.64. The Bertz CT molecular complexity index is 3330. The third-order valence-corrected chi connectivity index (χ3v) is 13.2. The Hall–Kier alpha value is -7.78. The maximum atomic E-state index is 2.42. The summed E-state index contributed by atoms with van der Waals surface area (Å²) in [6, 6.07) is 90.3. The number of benzene rings is 10. The first-order valence-corrected chi connectivity index (χ1v) is 22.0. The second-order valence-electron chi connectivity index (χ2n) is 15.6. The molecule has 0 aliphatic rings. The largest absolute Gasteiger partial charge is 0.310 e. The van der Waals surface area contributed by atoms with E-state index in [-0.39, 0.29) is 0 Å². The van der Waals surface area contributed by atoms with E-state index >= 15 is 0 Å². The van der Waals surface area contributed by atoms with Crippen LogP contribution in [0.4, 0.5) is 17.1 Å². The number of fused-ring (bicyclic) bond motifs is 3. The van der Waals surface area contributed by atoms with Gasteiger partial charge in [0.15, 0.2) is 0 Å². The maximum Gasteiger partial charge on any atom is 0.0540 e. The van der Waals surface area contributed by atoms with Crippen LogP contribution in [0.3, 0.4) is 0 Å². The van der Waals surface area contributed by atoms with Gasteiger partial charge in [0, 0.05) is 37.1 Å². The van der Waals surface area contributed by atoms with Crippen molar-refractivity contribution in [1.29, 1.82) is 0 Å². The molecule has 0 N–H and O–H groups in total. The molecule has 62 heavy (non-hydrogen) atoms. The molecule has 1 heterocycles. The normalized spacial score (nSPS) is 11.2. The highest BCUT2D eigenvalue weighted by molar-refractivity contribution is 7.26. The molecule has 2 heteroatoms. The molecule has 292 valence electrons. The van der Waals surface area contributed by atoms with E-state index < -0.39 is 0 Å². The van der Waals surface area contributed by atoms with Gasteiger partial charge in [0.1, 0.15) is 0 Å². The van der Waals surface area contributed by atoms with E-state index in [9.17, 15) is 0 Å². The highest BCUT2D eigenvalue weighted by atomic mass is 32.1. The fraction of sp³-hybridized carbons (Fsp3) is 0. The van der Waals surface area contributed by atoms with E-state index in [2.05, 4.69) is 254 Å². The van der Waals surface area contributed by atoms with Crippen LogP contribution < -0.4 is 4.90 Å². The van der Waals surface area contributed by atoms with Crippen molar-refractivity contribution in [3.05, 3.63) is 249 Å². The fourth-order valence-electron chi connectivity index (χ4n) is 8.94. The zero-order valence-corrected chi connectivity index (χ0v) is 34.8. The van der Waals surface area contributed by atoms with Crippen LogP contribution in [0.2, 0.25) is 0 Å². The smallest absolute Gasteiger partial charge is 0.0540 e. The minimum absolute atomic E-state index is 1.09. The Labute approximate surface area is 367 Å². The predicted octanol–water partition coefficient (Wildman–Crippen LogP) is 17.5. The van der Waals surface area contributed by atoms with Crippen molar-refractivity contribution in [2.24, 2.45) is 0 Å². The molecule has 0 bridgehead atoms. The summed E-state index contributed by atoms with van der Waals surface area (Å²) in [5.41, 5.74) is 17.7. The van der Waals surface area contributed by atoms with Crippen molar-refractivity contribution >= 4 is 48.6 Å². The summed E-state index contributed by atoms with van der Waals surface area (Å²) in [6.07, 6.45) is 0.